The summed E-state index contributed by atoms with van der Waals surface area (Å²) < 4.78 is 15.4. The van der Waals surface area contributed by atoms with Crippen LogP contribution in [-0.4, -0.2) is 47.6 Å². The fraction of sp³-hybridized carbons (Fsp3) is 0.200. The first-order valence-electron chi connectivity index (χ1n) is 8.55. The second kappa shape index (κ2) is 8.74. The van der Waals surface area contributed by atoms with Gasteiger partial charge in [0.05, 0.1) is 31.2 Å². The Morgan fingerprint density at radius 3 is 2.55 bits per heavy atom. The first-order valence-corrected chi connectivity index (χ1v) is 8.93. The topological polar surface area (TPSA) is 92.5 Å². The van der Waals surface area contributed by atoms with Crippen molar-refractivity contribution in [3.05, 3.63) is 64.4 Å². The van der Waals surface area contributed by atoms with Gasteiger partial charge in [-0.25, -0.2) is 4.79 Å². The van der Waals surface area contributed by atoms with E-state index in [1.54, 1.807) is 49.4 Å². The third-order valence-electron chi connectivity index (χ3n) is 4.06. The number of aromatic nitrogens is 3. The minimum atomic E-state index is -0.753. The smallest absolute Gasteiger partial charge is 0.361 e. The molecule has 0 radical (unpaired) electrons. The van der Waals surface area contributed by atoms with Crippen molar-refractivity contribution in [2.45, 2.75) is 6.92 Å². The van der Waals surface area contributed by atoms with Gasteiger partial charge < -0.3 is 14.2 Å². The van der Waals surface area contributed by atoms with Crippen molar-refractivity contribution in [2.24, 2.45) is 0 Å². The lowest BCUT2D eigenvalue weighted by atomic mass is 10.1. The summed E-state index contributed by atoms with van der Waals surface area (Å²) in [5.41, 5.74) is 1.25. The lowest BCUT2D eigenvalue weighted by Crippen LogP contribution is -2.16. The Kier molecular flexibility index (Phi) is 6.13. The van der Waals surface area contributed by atoms with Crippen molar-refractivity contribution in [2.75, 3.05) is 20.8 Å². The molecule has 29 heavy (non-hydrogen) atoms. The van der Waals surface area contributed by atoms with Crippen molar-refractivity contribution in [1.82, 2.24) is 15.0 Å². The van der Waals surface area contributed by atoms with Crippen LogP contribution in [0.1, 0.15) is 26.5 Å². The van der Waals surface area contributed by atoms with E-state index >= 15 is 0 Å². The fourth-order valence-corrected chi connectivity index (χ4v) is 2.77. The van der Waals surface area contributed by atoms with Crippen LogP contribution in [0.25, 0.3) is 5.69 Å². The van der Waals surface area contributed by atoms with E-state index in [-0.39, 0.29) is 11.3 Å². The maximum absolute atomic E-state index is 12.5. The molecule has 0 atom stereocenters. The van der Waals surface area contributed by atoms with E-state index in [9.17, 15) is 9.59 Å². The molecule has 0 fully saturated rings. The molecule has 0 spiro atoms. The molecule has 0 saturated carbocycles. The molecule has 0 unspecified atom stereocenters. The number of hydrogen-bond acceptors (Lipinski definition) is 7. The third-order valence-corrected chi connectivity index (χ3v) is 4.29. The van der Waals surface area contributed by atoms with Crippen molar-refractivity contribution < 1.29 is 23.8 Å². The summed E-state index contributed by atoms with van der Waals surface area (Å²) >= 11 is 5.97. The van der Waals surface area contributed by atoms with Gasteiger partial charge in [-0.1, -0.05) is 17.7 Å². The second-order valence-electron chi connectivity index (χ2n) is 5.97. The van der Waals surface area contributed by atoms with Crippen LogP contribution >= 0.6 is 11.6 Å². The molecule has 0 aliphatic heterocycles. The first kappa shape index (κ1) is 20.3. The van der Waals surface area contributed by atoms with Gasteiger partial charge >= 0.3 is 5.97 Å². The molecular weight excluding hydrogens is 398 g/mol. The van der Waals surface area contributed by atoms with Crippen LogP contribution in [0.3, 0.4) is 0 Å². The molecule has 0 saturated heterocycles. The average molecular weight is 416 g/mol. The number of carbonyl (C=O) groups is 2. The van der Waals surface area contributed by atoms with Gasteiger partial charge in [-0.3, -0.25) is 4.79 Å². The zero-order valence-electron chi connectivity index (χ0n) is 16.0. The Hall–Kier alpha value is -3.39. The summed E-state index contributed by atoms with van der Waals surface area (Å²) in [6.07, 6.45) is 0. The number of nitrogens with zero attached hydrogens (tertiary/aromatic N) is 3. The number of benzene rings is 2. The lowest BCUT2D eigenvalue weighted by molar-refractivity contribution is 0.0467. The number of hydrogen-bond donors (Lipinski definition) is 0. The number of aryl methyl sites for hydroxylation is 1. The molecule has 1 heterocycles. The average Bonchev–Trinajstić information content (AvgIpc) is 3.13. The molecule has 0 N–H and O–H groups in total. The van der Waals surface area contributed by atoms with Crippen LogP contribution in [0.2, 0.25) is 5.02 Å². The van der Waals surface area contributed by atoms with E-state index in [0.717, 1.165) is 0 Å². The van der Waals surface area contributed by atoms with Crippen LogP contribution in [0.5, 0.6) is 11.5 Å². The zero-order chi connectivity index (χ0) is 21.0. The van der Waals surface area contributed by atoms with Crippen molar-refractivity contribution in [3.8, 4) is 17.2 Å². The summed E-state index contributed by atoms with van der Waals surface area (Å²) in [5.74, 6) is -0.300. The molecule has 2 aromatic carbocycles. The molecule has 1 aromatic heterocycles. The van der Waals surface area contributed by atoms with Gasteiger partial charge in [0.2, 0.25) is 5.78 Å². The van der Waals surface area contributed by atoms with Crippen molar-refractivity contribution in [3.63, 3.8) is 0 Å². The molecule has 0 aliphatic carbocycles. The lowest BCUT2D eigenvalue weighted by Gasteiger charge is -2.09. The number of halogens is 1. The first-order chi connectivity index (χ1) is 13.9. The number of ether oxygens (including phenoxy) is 3. The Bertz CT molecular complexity index is 1060. The number of esters is 1. The number of carbonyl (C=O) groups excluding carboxylic acids is 2. The summed E-state index contributed by atoms with van der Waals surface area (Å²) in [7, 11) is 2.95. The van der Waals surface area contributed by atoms with Gasteiger partial charge in [0.1, 0.15) is 11.5 Å². The predicted molar refractivity (Wildman–Crippen MR) is 105 cm³/mol. The molecule has 8 nitrogen and oxygen atoms in total. The van der Waals surface area contributed by atoms with Crippen LogP contribution in [0, 0.1) is 6.92 Å². The van der Waals surface area contributed by atoms with Crippen LogP contribution in [-0.2, 0) is 4.74 Å². The second-order valence-corrected chi connectivity index (χ2v) is 6.41. The highest BCUT2D eigenvalue weighted by molar-refractivity contribution is 6.30. The normalized spacial score (nSPS) is 10.5. The van der Waals surface area contributed by atoms with E-state index < -0.39 is 18.4 Å². The van der Waals surface area contributed by atoms with E-state index in [1.807, 2.05) is 0 Å². The maximum atomic E-state index is 12.5. The molecule has 150 valence electrons. The van der Waals surface area contributed by atoms with Gasteiger partial charge in [-0.15, -0.1) is 5.10 Å². The number of Topliss-reactive ketones (excluding diaryl/α,β-unsaturated/α-hetero) is 1. The Labute approximate surface area is 171 Å². The Morgan fingerprint density at radius 2 is 1.86 bits per heavy atom. The SMILES string of the molecule is COc1ccc(C(=O)COC(=O)c2nn(-c3cccc(Cl)c3)nc2C)c(OC)c1. The quantitative estimate of drug-likeness (QED) is 0.431. The van der Waals surface area contributed by atoms with Gasteiger partial charge in [0.25, 0.3) is 0 Å². The summed E-state index contributed by atoms with van der Waals surface area (Å²) in [6, 6.07) is 11.6. The molecular formula is C20H18ClN3O5. The third kappa shape index (κ3) is 4.55. The molecule has 0 amide bonds. The highest BCUT2D eigenvalue weighted by Gasteiger charge is 2.21. The summed E-state index contributed by atoms with van der Waals surface area (Å²) in [5, 5.41) is 8.86. The minimum absolute atomic E-state index is 0.0134. The summed E-state index contributed by atoms with van der Waals surface area (Å²) in [6.45, 7) is 1.16. The highest BCUT2D eigenvalue weighted by Crippen LogP contribution is 2.25. The highest BCUT2D eigenvalue weighted by atomic mass is 35.5. The molecule has 3 aromatic rings. The van der Waals surface area contributed by atoms with E-state index in [1.165, 1.54) is 19.0 Å². The van der Waals surface area contributed by atoms with Crippen molar-refractivity contribution >= 4 is 23.4 Å². The van der Waals surface area contributed by atoms with E-state index in [2.05, 4.69) is 10.2 Å². The van der Waals surface area contributed by atoms with Crippen molar-refractivity contribution in [1.29, 1.82) is 0 Å². The summed E-state index contributed by atoms with van der Waals surface area (Å²) in [4.78, 5) is 26.1. The molecule has 0 aliphatic rings. The molecule has 3 rings (SSSR count). The number of ketones is 1. The zero-order valence-corrected chi connectivity index (χ0v) is 16.8. The van der Waals surface area contributed by atoms with Gasteiger partial charge in [-0.05, 0) is 37.3 Å². The van der Waals surface area contributed by atoms with Gasteiger partial charge in [-0.2, -0.15) is 9.90 Å². The maximum Gasteiger partial charge on any atom is 0.361 e. The largest absolute Gasteiger partial charge is 0.497 e. The van der Waals surface area contributed by atoms with Gasteiger partial charge in [0.15, 0.2) is 12.3 Å². The Morgan fingerprint density at radius 1 is 1.07 bits per heavy atom. The van der Waals surface area contributed by atoms with Gasteiger partial charge in [0, 0.05) is 11.1 Å². The minimum Gasteiger partial charge on any atom is -0.497 e. The fourth-order valence-electron chi connectivity index (χ4n) is 2.59. The van der Waals surface area contributed by atoms with Crippen LogP contribution in [0.4, 0.5) is 0 Å². The number of methoxy groups -OCH3 is 2. The van der Waals surface area contributed by atoms with E-state index in [4.69, 9.17) is 25.8 Å². The molecule has 9 heteroatoms. The monoisotopic (exact) mass is 415 g/mol. The van der Waals surface area contributed by atoms with E-state index in [0.29, 0.717) is 27.9 Å². The standard InChI is InChI=1S/C20H18ClN3O5/c1-12-19(23-24(22-12)14-6-4-5-13(21)9-14)20(26)29-11-17(25)16-8-7-15(27-2)10-18(16)28-3/h4-10H,11H2,1-3H3. The van der Waals surface area contributed by atoms with Crippen LogP contribution < -0.4 is 9.47 Å². The Balaban J connectivity index is 1.72. The predicted octanol–water partition coefficient (Wildman–Crippen LogP) is 3.29. The number of rotatable bonds is 7. The molecule has 0 bridgehead atoms. The van der Waals surface area contributed by atoms with Crippen LogP contribution in [0.15, 0.2) is 42.5 Å².